The van der Waals surface area contributed by atoms with Gasteiger partial charge in [-0.15, -0.1) is 10.2 Å². The maximum atomic E-state index is 5.44. The molecular formula is C14H20N4O. The first-order valence-electron chi connectivity index (χ1n) is 6.70. The van der Waals surface area contributed by atoms with Gasteiger partial charge in [-0.25, -0.2) is 0 Å². The molecule has 1 aromatic carbocycles. The van der Waals surface area contributed by atoms with Crippen molar-refractivity contribution in [1.82, 2.24) is 14.8 Å². The molecule has 0 aliphatic heterocycles. The number of ether oxygens (including phenoxy) is 1. The van der Waals surface area contributed by atoms with Crippen LogP contribution in [-0.2, 0) is 6.54 Å². The smallest absolute Gasteiger partial charge is 0.224 e. The average molecular weight is 260 g/mol. The van der Waals surface area contributed by atoms with Crippen LogP contribution in [0, 0.1) is 0 Å². The van der Waals surface area contributed by atoms with Crippen molar-refractivity contribution in [3.63, 3.8) is 0 Å². The number of nitrogens with one attached hydrogen (secondary N) is 1. The van der Waals surface area contributed by atoms with Crippen molar-refractivity contribution >= 4 is 5.95 Å². The Morgan fingerprint density at radius 2 is 1.84 bits per heavy atom. The molecule has 5 heteroatoms. The highest BCUT2D eigenvalue weighted by Gasteiger charge is 2.11. The first kappa shape index (κ1) is 13.4. The van der Waals surface area contributed by atoms with Crippen molar-refractivity contribution in [3.05, 3.63) is 24.3 Å². The first-order valence-corrected chi connectivity index (χ1v) is 6.70. The molecule has 0 saturated heterocycles. The van der Waals surface area contributed by atoms with Gasteiger partial charge < -0.3 is 10.1 Å². The Hall–Kier alpha value is -2.04. The fourth-order valence-electron chi connectivity index (χ4n) is 1.97. The molecule has 0 amide bonds. The van der Waals surface area contributed by atoms with Crippen molar-refractivity contribution in [3.8, 4) is 17.1 Å². The lowest BCUT2D eigenvalue weighted by molar-refractivity contribution is 0.340. The van der Waals surface area contributed by atoms with Crippen molar-refractivity contribution < 1.29 is 4.74 Å². The van der Waals surface area contributed by atoms with Gasteiger partial charge in [-0.1, -0.05) is 0 Å². The summed E-state index contributed by atoms with van der Waals surface area (Å²) in [6.07, 6.45) is 0. The molecule has 0 unspecified atom stereocenters. The van der Waals surface area contributed by atoms with Crippen LogP contribution in [0.5, 0.6) is 5.75 Å². The summed E-state index contributed by atoms with van der Waals surface area (Å²) in [5, 5.41) is 11.7. The molecular weight excluding hydrogens is 240 g/mol. The fraction of sp³-hybridized carbons (Fsp3) is 0.429. The molecule has 2 aromatic rings. The van der Waals surface area contributed by atoms with Gasteiger partial charge in [-0.2, -0.15) is 0 Å². The predicted octanol–water partition coefficient (Wildman–Crippen LogP) is 2.80. The Morgan fingerprint density at radius 3 is 2.42 bits per heavy atom. The molecule has 1 heterocycles. The third-order valence-electron chi connectivity index (χ3n) is 2.83. The summed E-state index contributed by atoms with van der Waals surface area (Å²) in [5.41, 5.74) is 1.04. The van der Waals surface area contributed by atoms with Crippen LogP contribution in [0.15, 0.2) is 24.3 Å². The van der Waals surface area contributed by atoms with Crippen LogP contribution in [0.4, 0.5) is 5.95 Å². The second-order valence-corrected chi connectivity index (χ2v) is 4.08. The normalized spacial score (nSPS) is 10.5. The van der Waals surface area contributed by atoms with E-state index in [-0.39, 0.29) is 0 Å². The van der Waals surface area contributed by atoms with Crippen LogP contribution in [-0.4, -0.2) is 27.9 Å². The molecule has 102 valence electrons. The molecule has 1 aromatic heterocycles. The van der Waals surface area contributed by atoms with E-state index in [9.17, 15) is 0 Å². The van der Waals surface area contributed by atoms with Gasteiger partial charge in [-0.3, -0.25) is 4.57 Å². The number of hydrogen-bond acceptors (Lipinski definition) is 4. The zero-order valence-corrected chi connectivity index (χ0v) is 11.7. The number of hydrogen-bond donors (Lipinski definition) is 1. The Kier molecular flexibility index (Phi) is 4.39. The predicted molar refractivity (Wildman–Crippen MR) is 76.5 cm³/mol. The maximum Gasteiger partial charge on any atom is 0.224 e. The first-order chi connectivity index (χ1) is 9.30. The maximum absolute atomic E-state index is 5.44. The second-order valence-electron chi connectivity index (χ2n) is 4.08. The lowest BCUT2D eigenvalue weighted by Crippen LogP contribution is -2.06. The molecule has 0 fully saturated rings. The average Bonchev–Trinajstić information content (AvgIpc) is 2.83. The summed E-state index contributed by atoms with van der Waals surface area (Å²) >= 11 is 0. The largest absolute Gasteiger partial charge is 0.494 e. The van der Waals surface area contributed by atoms with Gasteiger partial charge in [0.25, 0.3) is 0 Å². The van der Waals surface area contributed by atoms with Crippen LogP contribution in [0.2, 0.25) is 0 Å². The lowest BCUT2D eigenvalue weighted by Gasteiger charge is -2.08. The van der Waals surface area contributed by atoms with Gasteiger partial charge in [0, 0.05) is 18.7 Å². The van der Waals surface area contributed by atoms with Crippen molar-refractivity contribution in [2.75, 3.05) is 18.5 Å². The Morgan fingerprint density at radius 1 is 1.11 bits per heavy atom. The van der Waals surface area contributed by atoms with E-state index in [0.717, 1.165) is 36.2 Å². The summed E-state index contributed by atoms with van der Waals surface area (Å²) in [4.78, 5) is 0. The SMILES string of the molecule is CCNc1nnc(-c2ccc(OCC)cc2)n1CC. The molecule has 5 nitrogen and oxygen atoms in total. The second kappa shape index (κ2) is 6.22. The Bertz CT molecular complexity index is 519. The summed E-state index contributed by atoms with van der Waals surface area (Å²) in [5.74, 6) is 2.57. The number of benzene rings is 1. The molecule has 2 rings (SSSR count). The minimum absolute atomic E-state index is 0.676. The van der Waals surface area contributed by atoms with Crippen molar-refractivity contribution in [1.29, 1.82) is 0 Å². The van der Waals surface area contributed by atoms with E-state index in [1.165, 1.54) is 0 Å². The Labute approximate surface area is 113 Å². The number of rotatable bonds is 6. The van der Waals surface area contributed by atoms with Crippen LogP contribution in [0.1, 0.15) is 20.8 Å². The van der Waals surface area contributed by atoms with Gasteiger partial charge in [0.2, 0.25) is 5.95 Å². The molecule has 0 aliphatic rings. The molecule has 1 N–H and O–H groups in total. The number of anilines is 1. The van der Waals surface area contributed by atoms with E-state index in [2.05, 4.69) is 27.0 Å². The summed E-state index contributed by atoms with van der Waals surface area (Å²) in [7, 11) is 0. The van der Waals surface area contributed by atoms with Gasteiger partial charge >= 0.3 is 0 Å². The molecule has 0 saturated carbocycles. The van der Waals surface area contributed by atoms with E-state index in [0.29, 0.717) is 6.61 Å². The van der Waals surface area contributed by atoms with Crippen LogP contribution < -0.4 is 10.1 Å². The minimum Gasteiger partial charge on any atom is -0.494 e. The minimum atomic E-state index is 0.676. The fourth-order valence-corrected chi connectivity index (χ4v) is 1.97. The summed E-state index contributed by atoms with van der Waals surface area (Å²) in [6.45, 7) is 8.45. The van der Waals surface area contributed by atoms with E-state index >= 15 is 0 Å². The highest BCUT2D eigenvalue weighted by atomic mass is 16.5. The highest BCUT2D eigenvalue weighted by Crippen LogP contribution is 2.23. The van der Waals surface area contributed by atoms with Gasteiger partial charge in [0.1, 0.15) is 5.75 Å². The number of nitrogens with zero attached hydrogens (tertiary/aromatic N) is 3. The van der Waals surface area contributed by atoms with Crippen LogP contribution >= 0.6 is 0 Å². The molecule has 0 spiro atoms. The molecule has 19 heavy (non-hydrogen) atoms. The zero-order chi connectivity index (χ0) is 13.7. The van der Waals surface area contributed by atoms with Crippen molar-refractivity contribution in [2.24, 2.45) is 0 Å². The monoisotopic (exact) mass is 260 g/mol. The van der Waals surface area contributed by atoms with Gasteiger partial charge in [0.05, 0.1) is 6.61 Å². The van der Waals surface area contributed by atoms with Crippen molar-refractivity contribution in [2.45, 2.75) is 27.3 Å². The van der Waals surface area contributed by atoms with Gasteiger partial charge in [-0.05, 0) is 45.0 Å². The standard InChI is InChI=1S/C14H20N4O/c1-4-15-14-17-16-13(18(14)5-2)11-7-9-12(10-8-11)19-6-3/h7-10H,4-6H2,1-3H3,(H,15,17). The van der Waals surface area contributed by atoms with E-state index in [1.807, 2.05) is 38.1 Å². The van der Waals surface area contributed by atoms with Gasteiger partial charge in [0.15, 0.2) is 5.82 Å². The van der Waals surface area contributed by atoms with E-state index in [1.54, 1.807) is 0 Å². The van der Waals surface area contributed by atoms with E-state index < -0.39 is 0 Å². The third kappa shape index (κ3) is 2.86. The Balaban J connectivity index is 2.30. The highest BCUT2D eigenvalue weighted by molar-refractivity contribution is 5.58. The topological polar surface area (TPSA) is 52.0 Å². The van der Waals surface area contributed by atoms with Crippen LogP contribution in [0.3, 0.4) is 0 Å². The molecule has 0 radical (unpaired) electrons. The number of aromatic nitrogens is 3. The zero-order valence-electron chi connectivity index (χ0n) is 11.7. The lowest BCUT2D eigenvalue weighted by atomic mass is 10.2. The van der Waals surface area contributed by atoms with E-state index in [4.69, 9.17) is 4.74 Å². The summed E-state index contributed by atoms with van der Waals surface area (Å²) < 4.78 is 7.51. The molecule has 0 aliphatic carbocycles. The third-order valence-corrected chi connectivity index (χ3v) is 2.83. The quantitative estimate of drug-likeness (QED) is 0.867. The van der Waals surface area contributed by atoms with Crippen LogP contribution in [0.25, 0.3) is 11.4 Å². The molecule has 0 atom stereocenters. The summed E-state index contributed by atoms with van der Waals surface area (Å²) in [6, 6.07) is 7.94. The molecule has 0 bridgehead atoms.